The van der Waals surface area contributed by atoms with Crippen molar-refractivity contribution < 1.29 is 14.2 Å². The molecule has 4 heterocycles. The number of ether oxygens (including phenoxy) is 3. The molecule has 61 heavy (non-hydrogen) atoms. The van der Waals surface area contributed by atoms with Crippen molar-refractivity contribution in [2.24, 2.45) is 16.8 Å². The first-order valence-electron chi connectivity index (χ1n) is 23.6. The van der Waals surface area contributed by atoms with Crippen LogP contribution in [0.5, 0.6) is 0 Å². The molecule has 12 aliphatic rings. The van der Waals surface area contributed by atoms with Gasteiger partial charge in [0.05, 0.1) is 59.4 Å². The average molecular weight is 815 g/mol. The highest BCUT2D eigenvalue weighted by Gasteiger charge is 2.48. The van der Waals surface area contributed by atoms with Crippen LogP contribution < -0.4 is 10.6 Å². The first-order chi connectivity index (χ1) is 30.2. The van der Waals surface area contributed by atoms with Crippen molar-refractivity contribution in [1.29, 1.82) is 5.26 Å². The van der Waals surface area contributed by atoms with E-state index in [4.69, 9.17) is 19.2 Å². The Labute approximate surface area is 360 Å². The van der Waals surface area contributed by atoms with Gasteiger partial charge in [0.2, 0.25) is 0 Å². The number of aliphatic imine (C=N–C) groups is 1. The Hall–Kier alpha value is -5.04. The highest BCUT2D eigenvalue weighted by Crippen LogP contribution is 2.48. The lowest BCUT2D eigenvalue weighted by molar-refractivity contribution is -0.00616. The number of nitrogens with zero attached hydrogens (tertiary/aromatic N) is 4. The van der Waals surface area contributed by atoms with Crippen LogP contribution in [0, 0.1) is 23.2 Å². The van der Waals surface area contributed by atoms with Crippen LogP contribution in [0.3, 0.4) is 0 Å². The maximum atomic E-state index is 11.4. The maximum Gasteiger partial charge on any atom is 0.141 e. The van der Waals surface area contributed by atoms with Crippen molar-refractivity contribution in [3.63, 3.8) is 0 Å². The van der Waals surface area contributed by atoms with Gasteiger partial charge in [0.15, 0.2) is 0 Å². The van der Waals surface area contributed by atoms with Crippen molar-refractivity contribution in [2.75, 3.05) is 0 Å². The number of nitriles is 1. The molecule has 0 aromatic carbocycles. The fourth-order valence-electron chi connectivity index (χ4n) is 12.4. The molecule has 11 atom stereocenters. The summed E-state index contributed by atoms with van der Waals surface area (Å²) in [5.74, 6) is 2.92. The first kappa shape index (κ1) is 37.7. The van der Waals surface area contributed by atoms with Gasteiger partial charge in [-0.15, -0.1) is 0 Å². The Morgan fingerprint density at radius 1 is 0.770 bits per heavy atom. The lowest BCUT2D eigenvalue weighted by Crippen LogP contribution is -2.59. The fraction of sp³-hybridized carbons (Fsp3) is 0.500. The zero-order valence-electron chi connectivity index (χ0n) is 35.1. The van der Waals surface area contributed by atoms with E-state index in [1.54, 1.807) is 0 Å². The van der Waals surface area contributed by atoms with Crippen molar-refractivity contribution in [3.8, 4) is 6.07 Å². The molecule has 0 aromatic heterocycles. The highest BCUT2D eigenvalue weighted by molar-refractivity contribution is 6.03. The molecule has 0 saturated carbocycles. The van der Waals surface area contributed by atoms with Crippen molar-refractivity contribution in [3.05, 3.63) is 142 Å². The second kappa shape index (κ2) is 15.7. The zero-order valence-corrected chi connectivity index (χ0v) is 35.1. The third-order valence-electron chi connectivity index (χ3n) is 15.2. The van der Waals surface area contributed by atoms with Gasteiger partial charge in [-0.3, -0.25) is 5.32 Å². The van der Waals surface area contributed by atoms with E-state index in [2.05, 4.69) is 118 Å². The van der Waals surface area contributed by atoms with Gasteiger partial charge in [0.1, 0.15) is 41.9 Å². The third kappa shape index (κ3) is 6.50. The summed E-state index contributed by atoms with van der Waals surface area (Å²) in [5, 5.41) is 19.5. The molecule has 4 aliphatic heterocycles. The number of rotatable bonds is 5. The van der Waals surface area contributed by atoms with Crippen molar-refractivity contribution in [2.45, 2.75) is 151 Å². The Morgan fingerprint density at radius 3 is 2.62 bits per heavy atom. The number of hydrogen-bond donors (Lipinski definition) is 2. The maximum absolute atomic E-state index is 11.4. The molecular formula is C52H58N6O3. The minimum absolute atomic E-state index is 0.00903. The summed E-state index contributed by atoms with van der Waals surface area (Å²) in [6, 6.07) is 2.81. The molecule has 12 rings (SSSR count). The molecule has 0 bridgehead atoms. The van der Waals surface area contributed by atoms with Crippen LogP contribution in [0.1, 0.15) is 96.3 Å². The molecule has 2 N–H and O–H groups in total. The van der Waals surface area contributed by atoms with Gasteiger partial charge in [0, 0.05) is 24.3 Å². The minimum Gasteiger partial charge on any atom is -0.487 e. The molecule has 11 unspecified atom stereocenters. The molecule has 0 amide bonds. The lowest BCUT2D eigenvalue weighted by atomic mass is 9.81. The summed E-state index contributed by atoms with van der Waals surface area (Å²) in [4.78, 5) is 10.9. The lowest BCUT2D eigenvalue weighted by Gasteiger charge is -2.52. The second-order valence-corrected chi connectivity index (χ2v) is 18.8. The van der Waals surface area contributed by atoms with E-state index >= 15 is 0 Å². The monoisotopic (exact) mass is 814 g/mol. The highest BCUT2D eigenvalue weighted by atomic mass is 16.5. The number of allylic oxidation sites excluding steroid dienone is 11. The van der Waals surface area contributed by atoms with Crippen LogP contribution in [-0.2, 0) is 14.2 Å². The topological polar surface area (TPSA) is 94.4 Å². The molecule has 314 valence electrons. The fourth-order valence-corrected chi connectivity index (χ4v) is 12.4. The van der Waals surface area contributed by atoms with Crippen LogP contribution >= 0.6 is 0 Å². The summed E-state index contributed by atoms with van der Waals surface area (Å²) < 4.78 is 20.4. The molecule has 8 aliphatic carbocycles. The van der Waals surface area contributed by atoms with E-state index in [9.17, 15) is 5.26 Å². The van der Waals surface area contributed by atoms with Crippen LogP contribution in [-0.4, -0.2) is 70.5 Å². The molecule has 0 aromatic rings. The Morgan fingerprint density at radius 2 is 1.69 bits per heavy atom. The Bertz CT molecular complexity index is 2310. The van der Waals surface area contributed by atoms with E-state index in [1.165, 1.54) is 22.4 Å². The van der Waals surface area contributed by atoms with Gasteiger partial charge in [-0.2, -0.15) is 5.26 Å². The van der Waals surface area contributed by atoms with Crippen LogP contribution in [0.25, 0.3) is 0 Å². The van der Waals surface area contributed by atoms with E-state index in [1.807, 2.05) is 0 Å². The van der Waals surface area contributed by atoms with Gasteiger partial charge in [0.25, 0.3) is 0 Å². The number of amidine groups is 1. The molecule has 9 nitrogen and oxygen atoms in total. The summed E-state index contributed by atoms with van der Waals surface area (Å²) in [6.07, 6.45) is 49.6. The standard InChI is InChI=1S/C52H58N6O3/c53-31-33-29-36(52-55-50(32-15-2-1-3-16-32)54-51(56-52)35-18-14-28-48-49(35)34-17-4-9-23-43(34)59-48)42(58-39-21-7-12-26-46(39)61-47-27-13-8-22-40(47)58)30-41(33)57-37-19-5-10-24-44(37)60-45-25-11-6-20-38(45)57/h2,4,7-10,12,15,17,21-22,24,26,29-30,32-33,37,39,41,43-44,46,48,50-51,54H,1,3,5-6,11,13-14,16,18-20,23,25,27-28H2,(H,55,56). The second-order valence-electron chi connectivity index (χ2n) is 18.8. The summed E-state index contributed by atoms with van der Waals surface area (Å²) in [5.41, 5.74) is 8.69. The average Bonchev–Trinajstić information content (AvgIpc) is 3.71. The van der Waals surface area contributed by atoms with Crippen molar-refractivity contribution in [1.82, 2.24) is 20.4 Å². The van der Waals surface area contributed by atoms with E-state index < -0.39 is 5.92 Å². The largest absolute Gasteiger partial charge is 0.487 e. The van der Waals surface area contributed by atoms with E-state index in [0.717, 1.165) is 131 Å². The number of hydrogen-bond acceptors (Lipinski definition) is 9. The Kier molecular flexibility index (Phi) is 9.70. The van der Waals surface area contributed by atoms with Crippen molar-refractivity contribution >= 4 is 5.84 Å². The van der Waals surface area contributed by atoms with Crippen LogP contribution in [0.2, 0.25) is 0 Å². The summed E-state index contributed by atoms with van der Waals surface area (Å²) >= 11 is 0. The molecule has 0 spiro atoms. The molecular weight excluding hydrogens is 757 g/mol. The predicted octanol–water partition coefficient (Wildman–Crippen LogP) is 9.01. The third-order valence-corrected chi connectivity index (χ3v) is 15.2. The van der Waals surface area contributed by atoms with E-state index in [-0.39, 0.29) is 60.8 Å². The van der Waals surface area contributed by atoms with Crippen LogP contribution in [0.4, 0.5) is 0 Å². The van der Waals surface area contributed by atoms with Crippen LogP contribution in [0.15, 0.2) is 147 Å². The zero-order chi connectivity index (χ0) is 40.4. The molecule has 0 radical (unpaired) electrons. The van der Waals surface area contributed by atoms with Gasteiger partial charge < -0.3 is 29.3 Å². The summed E-state index contributed by atoms with van der Waals surface area (Å²) in [7, 11) is 0. The number of fused-ring (bicyclic) bond motifs is 5. The van der Waals surface area contributed by atoms with E-state index in [0.29, 0.717) is 0 Å². The predicted molar refractivity (Wildman–Crippen MR) is 237 cm³/mol. The normalized spacial score (nSPS) is 38.3. The quantitative estimate of drug-likeness (QED) is 0.266. The Balaban J connectivity index is 1.03. The first-order valence-corrected chi connectivity index (χ1v) is 23.6. The molecule has 9 heteroatoms. The smallest absolute Gasteiger partial charge is 0.141 e. The van der Waals surface area contributed by atoms with Gasteiger partial charge in [-0.05, 0) is 124 Å². The summed E-state index contributed by atoms with van der Waals surface area (Å²) in [6.45, 7) is 0. The van der Waals surface area contributed by atoms with Gasteiger partial charge in [-0.25, -0.2) is 4.99 Å². The molecule has 1 saturated heterocycles. The SMILES string of the molecule is N#CC1C=C(C2=NC(C3C=CCCC3)NC(C3=C4C5=CC=CCC5OC4CCC3)N2)C(N2C3=C(CCC=C3)OC3C=CC=CC32)=CC1N1C2=C(CCCC2)OC2C=CCCC21. The number of nitrogens with one attached hydrogen (secondary N) is 2. The minimum atomic E-state index is -0.400. The van der Waals surface area contributed by atoms with Gasteiger partial charge in [-0.1, -0.05) is 66.8 Å². The molecule has 1 fully saturated rings. The van der Waals surface area contributed by atoms with Gasteiger partial charge >= 0.3 is 0 Å².